The molecule has 0 unspecified atom stereocenters. The molecule has 1 rings (SSSR count). The van der Waals surface area contributed by atoms with Gasteiger partial charge in [-0.05, 0) is 51.2 Å². The van der Waals surface area contributed by atoms with Crippen molar-refractivity contribution in [3.63, 3.8) is 0 Å². The average molecular weight is 226 g/mol. The Morgan fingerprint density at radius 2 is 2.13 bits per heavy atom. The second-order valence-electron chi connectivity index (χ2n) is 4.71. The van der Waals surface area contributed by atoms with Crippen LogP contribution in [0.4, 0.5) is 0 Å². The summed E-state index contributed by atoms with van der Waals surface area (Å²) in [6.45, 7) is 8.33. The van der Waals surface area contributed by atoms with Gasteiger partial charge >= 0.3 is 0 Å². The summed E-state index contributed by atoms with van der Waals surface area (Å²) >= 11 is 1.85. The molecule has 2 nitrogen and oxygen atoms in total. The predicted octanol–water partition coefficient (Wildman–Crippen LogP) is 2.27. The molecule has 0 saturated heterocycles. The van der Waals surface area contributed by atoms with E-state index in [-0.39, 0.29) is 5.54 Å². The summed E-state index contributed by atoms with van der Waals surface area (Å²) in [6.07, 6.45) is 1.13. The molecule has 1 heterocycles. The van der Waals surface area contributed by atoms with Gasteiger partial charge in [0.2, 0.25) is 0 Å². The summed E-state index contributed by atoms with van der Waals surface area (Å²) in [7, 11) is 2.15. The smallest absolute Gasteiger partial charge is 0.0272 e. The van der Waals surface area contributed by atoms with Crippen LogP contribution < -0.4 is 5.73 Å². The summed E-state index contributed by atoms with van der Waals surface area (Å²) in [5, 5.41) is 2.17. The van der Waals surface area contributed by atoms with E-state index in [1.807, 2.05) is 11.3 Å². The van der Waals surface area contributed by atoms with Gasteiger partial charge < -0.3 is 5.73 Å². The first kappa shape index (κ1) is 12.7. The van der Waals surface area contributed by atoms with Crippen molar-refractivity contribution in [2.45, 2.75) is 32.7 Å². The van der Waals surface area contributed by atoms with Crippen LogP contribution in [0, 0.1) is 6.92 Å². The molecule has 0 spiro atoms. The van der Waals surface area contributed by atoms with E-state index in [0.717, 1.165) is 13.0 Å². The van der Waals surface area contributed by atoms with Crippen LogP contribution in [0.25, 0.3) is 0 Å². The molecule has 0 aliphatic rings. The summed E-state index contributed by atoms with van der Waals surface area (Å²) in [5.74, 6) is 0. The molecular weight excluding hydrogens is 204 g/mol. The first-order chi connectivity index (χ1) is 6.97. The fourth-order valence-corrected chi connectivity index (χ4v) is 2.29. The molecule has 0 radical (unpaired) electrons. The van der Waals surface area contributed by atoms with Crippen molar-refractivity contribution < 1.29 is 0 Å². The van der Waals surface area contributed by atoms with Gasteiger partial charge in [0, 0.05) is 23.5 Å². The number of nitrogens with zero attached hydrogens (tertiary/aromatic N) is 1. The average Bonchev–Trinajstić information content (AvgIpc) is 2.60. The van der Waals surface area contributed by atoms with E-state index in [1.165, 1.54) is 10.4 Å². The highest BCUT2D eigenvalue weighted by Crippen LogP contribution is 2.18. The molecule has 0 aliphatic carbocycles. The predicted molar refractivity (Wildman–Crippen MR) is 68.5 cm³/mol. The monoisotopic (exact) mass is 226 g/mol. The van der Waals surface area contributed by atoms with Crippen molar-refractivity contribution in [3.05, 3.63) is 21.9 Å². The number of likely N-dealkylation sites (N-methyl/N-ethyl adjacent to an activating group) is 1. The minimum absolute atomic E-state index is 0.102. The third kappa shape index (κ3) is 3.30. The van der Waals surface area contributed by atoms with Crippen LogP contribution in [-0.4, -0.2) is 30.6 Å². The Kier molecular flexibility index (Phi) is 4.32. The van der Waals surface area contributed by atoms with Crippen molar-refractivity contribution >= 4 is 11.3 Å². The van der Waals surface area contributed by atoms with Gasteiger partial charge in [0.25, 0.3) is 0 Å². The van der Waals surface area contributed by atoms with E-state index >= 15 is 0 Å². The largest absolute Gasteiger partial charge is 0.329 e. The molecular formula is C12H22N2S. The third-order valence-corrected chi connectivity index (χ3v) is 4.26. The van der Waals surface area contributed by atoms with Crippen LogP contribution in [-0.2, 0) is 6.42 Å². The van der Waals surface area contributed by atoms with E-state index in [9.17, 15) is 0 Å². The van der Waals surface area contributed by atoms with E-state index in [1.54, 1.807) is 0 Å². The Bertz CT molecular complexity index is 304. The number of thiophene rings is 1. The van der Waals surface area contributed by atoms with Crippen LogP contribution in [0.5, 0.6) is 0 Å². The van der Waals surface area contributed by atoms with E-state index in [4.69, 9.17) is 5.73 Å². The lowest BCUT2D eigenvalue weighted by molar-refractivity contribution is 0.166. The van der Waals surface area contributed by atoms with Gasteiger partial charge in [0.05, 0.1) is 0 Å². The summed E-state index contributed by atoms with van der Waals surface area (Å²) in [5.41, 5.74) is 7.27. The highest BCUT2D eigenvalue weighted by molar-refractivity contribution is 7.10. The first-order valence-electron chi connectivity index (χ1n) is 5.41. The molecule has 1 aromatic heterocycles. The number of hydrogen-bond donors (Lipinski definition) is 1. The SMILES string of the molecule is Cc1ccsc1CCN(C)C(C)(C)CN. The summed E-state index contributed by atoms with van der Waals surface area (Å²) < 4.78 is 0. The topological polar surface area (TPSA) is 29.3 Å². The van der Waals surface area contributed by atoms with Crippen LogP contribution in [0.3, 0.4) is 0 Å². The van der Waals surface area contributed by atoms with E-state index in [2.05, 4.69) is 44.2 Å². The van der Waals surface area contributed by atoms with Gasteiger partial charge in [-0.1, -0.05) is 0 Å². The normalized spacial score (nSPS) is 12.4. The van der Waals surface area contributed by atoms with Crippen LogP contribution in [0.2, 0.25) is 0 Å². The molecule has 0 fully saturated rings. The van der Waals surface area contributed by atoms with E-state index in [0.29, 0.717) is 6.54 Å². The lowest BCUT2D eigenvalue weighted by Crippen LogP contribution is -2.47. The minimum Gasteiger partial charge on any atom is -0.329 e. The first-order valence-corrected chi connectivity index (χ1v) is 6.29. The van der Waals surface area contributed by atoms with Gasteiger partial charge in [-0.3, -0.25) is 4.90 Å². The van der Waals surface area contributed by atoms with Gasteiger partial charge in [0.15, 0.2) is 0 Å². The summed E-state index contributed by atoms with van der Waals surface area (Å²) in [6, 6.07) is 2.19. The van der Waals surface area contributed by atoms with Crippen LogP contribution in [0.15, 0.2) is 11.4 Å². The maximum atomic E-state index is 5.75. The Labute approximate surface area is 97.1 Å². The van der Waals surface area contributed by atoms with Gasteiger partial charge in [-0.15, -0.1) is 11.3 Å². The Morgan fingerprint density at radius 3 is 2.60 bits per heavy atom. The molecule has 0 aliphatic heterocycles. The quantitative estimate of drug-likeness (QED) is 0.834. The second-order valence-corrected chi connectivity index (χ2v) is 5.72. The molecule has 0 amide bonds. The lowest BCUT2D eigenvalue weighted by Gasteiger charge is -2.34. The molecule has 3 heteroatoms. The molecule has 86 valence electrons. The molecule has 15 heavy (non-hydrogen) atoms. The number of nitrogens with two attached hydrogens (primary N) is 1. The van der Waals surface area contributed by atoms with Crippen LogP contribution in [0.1, 0.15) is 24.3 Å². The van der Waals surface area contributed by atoms with Gasteiger partial charge in [-0.2, -0.15) is 0 Å². The zero-order valence-corrected chi connectivity index (χ0v) is 11.0. The molecule has 2 N–H and O–H groups in total. The molecule has 0 saturated carbocycles. The van der Waals surface area contributed by atoms with Gasteiger partial charge in [-0.25, -0.2) is 0 Å². The number of hydrogen-bond acceptors (Lipinski definition) is 3. The molecule has 0 bridgehead atoms. The Balaban J connectivity index is 2.48. The molecule has 0 atom stereocenters. The molecule has 1 aromatic rings. The van der Waals surface area contributed by atoms with Crippen molar-refractivity contribution in [3.8, 4) is 0 Å². The third-order valence-electron chi connectivity index (χ3n) is 3.18. The zero-order valence-electron chi connectivity index (χ0n) is 10.2. The Morgan fingerprint density at radius 1 is 1.47 bits per heavy atom. The minimum atomic E-state index is 0.102. The van der Waals surface area contributed by atoms with Crippen LogP contribution >= 0.6 is 11.3 Å². The van der Waals surface area contributed by atoms with Gasteiger partial charge in [0.1, 0.15) is 0 Å². The highest BCUT2D eigenvalue weighted by Gasteiger charge is 2.21. The maximum Gasteiger partial charge on any atom is 0.0272 e. The van der Waals surface area contributed by atoms with Crippen molar-refractivity contribution in [2.24, 2.45) is 5.73 Å². The summed E-state index contributed by atoms with van der Waals surface area (Å²) in [4.78, 5) is 3.83. The standard InChI is InChI=1S/C12H22N2S/c1-10-6-8-15-11(10)5-7-14(4)12(2,3)9-13/h6,8H,5,7,9,13H2,1-4H3. The zero-order chi connectivity index (χ0) is 11.5. The Hall–Kier alpha value is -0.380. The fourth-order valence-electron chi connectivity index (χ4n) is 1.39. The van der Waals surface area contributed by atoms with Crippen molar-refractivity contribution in [1.82, 2.24) is 4.90 Å². The number of rotatable bonds is 5. The van der Waals surface area contributed by atoms with E-state index < -0.39 is 0 Å². The lowest BCUT2D eigenvalue weighted by atomic mass is 10.0. The van der Waals surface area contributed by atoms with Crippen molar-refractivity contribution in [1.29, 1.82) is 0 Å². The fraction of sp³-hybridized carbons (Fsp3) is 0.667. The molecule has 0 aromatic carbocycles. The highest BCUT2D eigenvalue weighted by atomic mass is 32.1. The maximum absolute atomic E-state index is 5.75. The second kappa shape index (κ2) is 5.10. The number of aryl methyl sites for hydroxylation is 1. The van der Waals surface area contributed by atoms with Crippen molar-refractivity contribution in [2.75, 3.05) is 20.1 Å².